The third-order valence-corrected chi connectivity index (χ3v) is 8.95. The molecule has 50 heavy (non-hydrogen) atoms. The van der Waals surface area contributed by atoms with Crippen LogP contribution in [0.15, 0.2) is 48.2 Å². The summed E-state index contributed by atoms with van der Waals surface area (Å²) in [5.74, 6) is 4.11. The summed E-state index contributed by atoms with van der Waals surface area (Å²) in [4.78, 5) is 65.9. The van der Waals surface area contributed by atoms with Crippen LogP contribution in [0, 0.1) is 45.8 Å². The molecule has 3 aliphatic rings. The van der Waals surface area contributed by atoms with E-state index in [1.54, 1.807) is 56.3 Å². The largest absolute Gasteiger partial charge is 0.377 e. The Bertz CT molecular complexity index is 1960. The smallest absolute Gasteiger partial charge is 0.262 e. The first-order chi connectivity index (χ1) is 23.9. The van der Waals surface area contributed by atoms with E-state index >= 15 is 0 Å². The minimum Gasteiger partial charge on any atom is -0.377 e. The van der Waals surface area contributed by atoms with Crippen LogP contribution in [0.5, 0.6) is 0 Å². The summed E-state index contributed by atoms with van der Waals surface area (Å²) >= 11 is 0. The van der Waals surface area contributed by atoms with Gasteiger partial charge < -0.3 is 25.6 Å². The first kappa shape index (κ1) is 35.1. The van der Waals surface area contributed by atoms with Crippen LogP contribution in [-0.4, -0.2) is 72.2 Å². The van der Waals surface area contributed by atoms with Crippen molar-refractivity contribution < 1.29 is 24.0 Å². The van der Waals surface area contributed by atoms with E-state index in [0.717, 1.165) is 23.3 Å². The van der Waals surface area contributed by atoms with E-state index in [1.807, 2.05) is 4.90 Å². The van der Waals surface area contributed by atoms with Crippen LogP contribution in [-0.2, 0) is 14.4 Å². The Balaban J connectivity index is 1.23. The van der Waals surface area contributed by atoms with Crippen molar-refractivity contribution in [1.29, 1.82) is 15.9 Å². The van der Waals surface area contributed by atoms with Crippen molar-refractivity contribution in [2.45, 2.75) is 57.0 Å². The van der Waals surface area contributed by atoms with Crippen LogP contribution in [0.4, 0.5) is 11.4 Å². The van der Waals surface area contributed by atoms with Gasteiger partial charge in [0.15, 0.2) is 0 Å². The second-order valence-electron chi connectivity index (χ2n) is 12.9. The monoisotopic (exact) mass is 672 g/mol. The first-order valence-corrected chi connectivity index (χ1v) is 16.2. The van der Waals surface area contributed by atoms with Gasteiger partial charge in [0, 0.05) is 44.1 Å². The van der Waals surface area contributed by atoms with Gasteiger partial charge in [0.2, 0.25) is 11.8 Å². The molecule has 0 aromatic heterocycles. The fourth-order valence-electron chi connectivity index (χ4n) is 5.76. The van der Waals surface area contributed by atoms with E-state index in [0.29, 0.717) is 42.2 Å². The number of allylic oxidation sites excluding steroid dienone is 1. The van der Waals surface area contributed by atoms with Crippen molar-refractivity contribution in [3.8, 4) is 24.0 Å². The lowest BCUT2D eigenvalue weighted by molar-refractivity contribution is -0.125. The molecule has 2 heterocycles. The highest BCUT2D eigenvalue weighted by Crippen LogP contribution is 2.44. The van der Waals surface area contributed by atoms with Crippen LogP contribution < -0.4 is 20.9 Å². The number of anilines is 2. The fourth-order valence-corrected chi connectivity index (χ4v) is 5.76. The number of fused-ring (bicyclic) bond motifs is 1. The molecule has 1 saturated heterocycles. The molecule has 1 saturated carbocycles. The lowest BCUT2D eigenvalue weighted by Gasteiger charge is -2.38. The van der Waals surface area contributed by atoms with Gasteiger partial charge in [0.05, 0.1) is 34.3 Å². The summed E-state index contributed by atoms with van der Waals surface area (Å²) in [5, 5.41) is 35.2. The average molecular weight is 673 g/mol. The van der Waals surface area contributed by atoms with Gasteiger partial charge in [-0.3, -0.25) is 29.5 Å². The molecule has 1 atom stereocenters. The van der Waals surface area contributed by atoms with Gasteiger partial charge in [-0.05, 0) is 81.0 Å². The minimum atomic E-state index is -1.14. The molecule has 2 aromatic carbocycles. The summed E-state index contributed by atoms with van der Waals surface area (Å²) in [6, 6.07) is 12.9. The van der Waals surface area contributed by atoms with Crippen LogP contribution in [0.1, 0.15) is 77.3 Å². The maximum Gasteiger partial charge on any atom is 0.262 e. The highest BCUT2D eigenvalue weighted by atomic mass is 16.2. The maximum absolute atomic E-state index is 13.3. The SMILES string of the molecule is CNC(=O)C(CCC=O)N1C(=O)c2ccc(N3CC(C#C/C(=C/NC(C)(C)C(=O)Nc4ccc(C#N)cc4C4CC4)C(=N)C#N)C3)cc2C1=O. The summed E-state index contributed by atoms with van der Waals surface area (Å²) < 4.78 is 0. The molecule has 2 aromatic rings. The van der Waals surface area contributed by atoms with Gasteiger partial charge >= 0.3 is 0 Å². The molecule has 13 nitrogen and oxygen atoms in total. The Hall–Kier alpha value is -6.26. The topological polar surface area (TPSA) is 199 Å². The number of nitriles is 2. The Morgan fingerprint density at radius 2 is 1.80 bits per heavy atom. The third-order valence-electron chi connectivity index (χ3n) is 8.95. The van der Waals surface area contributed by atoms with Crippen LogP contribution in [0.2, 0.25) is 0 Å². The Kier molecular flexibility index (Phi) is 10.1. The number of aldehydes is 1. The Morgan fingerprint density at radius 1 is 1.08 bits per heavy atom. The molecule has 5 rings (SSSR count). The summed E-state index contributed by atoms with van der Waals surface area (Å²) in [5.41, 5.74) is 1.77. The zero-order valence-corrected chi connectivity index (χ0v) is 27.9. The number of carbonyl (C=O) groups excluding carboxylic acids is 5. The third kappa shape index (κ3) is 7.25. The first-order valence-electron chi connectivity index (χ1n) is 16.2. The van der Waals surface area contributed by atoms with Crippen molar-refractivity contribution >= 4 is 47.0 Å². The van der Waals surface area contributed by atoms with Crippen molar-refractivity contribution in [2.75, 3.05) is 30.4 Å². The summed E-state index contributed by atoms with van der Waals surface area (Å²) in [6.07, 6.45) is 4.06. The lowest BCUT2D eigenvalue weighted by atomic mass is 9.97. The average Bonchev–Trinajstić information content (AvgIpc) is 3.91. The van der Waals surface area contributed by atoms with E-state index < -0.39 is 29.3 Å². The number of nitrogens with one attached hydrogen (secondary N) is 4. The number of benzene rings is 2. The molecule has 1 unspecified atom stereocenters. The number of amides is 4. The van der Waals surface area contributed by atoms with Gasteiger partial charge in [0.25, 0.3) is 11.8 Å². The zero-order valence-electron chi connectivity index (χ0n) is 27.9. The van der Waals surface area contributed by atoms with Gasteiger partial charge in [-0.25, -0.2) is 0 Å². The summed E-state index contributed by atoms with van der Waals surface area (Å²) in [7, 11) is 1.40. The number of likely N-dealkylation sites (N-methyl/N-ethyl adjacent to an activating group) is 1. The van der Waals surface area contributed by atoms with Crippen LogP contribution >= 0.6 is 0 Å². The molecule has 1 aliphatic carbocycles. The maximum atomic E-state index is 13.3. The van der Waals surface area contributed by atoms with Crippen LogP contribution in [0.3, 0.4) is 0 Å². The number of imide groups is 1. The Morgan fingerprint density at radius 3 is 2.44 bits per heavy atom. The number of hydrogen-bond donors (Lipinski definition) is 4. The van der Waals surface area contributed by atoms with Crippen molar-refractivity contribution in [3.63, 3.8) is 0 Å². The highest BCUT2D eigenvalue weighted by Gasteiger charge is 2.43. The quantitative estimate of drug-likeness (QED) is 0.113. The van der Waals surface area contributed by atoms with Gasteiger partial charge in [-0.15, -0.1) is 0 Å². The van der Waals surface area contributed by atoms with Gasteiger partial charge in [-0.1, -0.05) is 11.8 Å². The Labute approximate surface area is 289 Å². The highest BCUT2D eigenvalue weighted by molar-refractivity contribution is 6.23. The molecule has 2 fully saturated rings. The predicted octanol–water partition coefficient (Wildman–Crippen LogP) is 3.00. The van der Waals surface area contributed by atoms with Gasteiger partial charge in [-0.2, -0.15) is 10.5 Å². The molecule has 0 radical (unpaired) electrons. The predicted molar refractivity (Wildman–Crippen MR) is 184 cm³/mol. The van der Waals surface area contributed by atoms with E-state index in [1.165, 1.54) is 13.2 Å². The van der Waals surface area contributed by atoms with Crippen molar-refractivity contribution in [1.82, 2.24) is 15.5 Å². The number of nitrogens with zero attached hydrogens (tertiary/aromatic N) is 4. The van der Waals surface area contributed by atoms with Crippen LogP contribution in [0.25, 0.3) is 0 Å². The molecule has 0 bridgehead atoms. The van der Waals surface area contributed by atoms with E-state index in [4.69, 9.17) is 5.41 Å². The number of carbonyl (C=O) groups is 5. The minimum absolute atomic E-state index is 0.0157. The lowest BCUT2D eigenvalue weighted by Crippen LogP contribution is -2.48. The molecular weight excluding hydrogens is 636 g/mol. The molecule has 0 spiro atoms. The standard InChI is InChI=1S/C37H36N8O5/c1-37(2,36(50)43-31-13-7-22(17-38)15-28(31)24-9-10-24)42-19-25(30(40)18-39)8-6-23-20-44(21-23)26-11-12-27-29(16-26)35(49)45(34(27)48)32(5-4-14-46)33(47)41-3/h7,11-16,19,23-24,32,40,42H,4-5,9-10,20-21H2,1-3H3,(H,41,47)(H,43,50)/b25-19-,40-30?. The number of hydrogen-bond acceptors (Lipinski definition) is 10. The second-order valence-corrected chi connectivity index (χ2v) is 12.9. The molecule has 13 heteroatoms. The molecule has 2 aliphatic heterocycles. The van der Waals surface area contributed by atoms with E-state index in [-0.39, 0.29) is 47.1 Å². The van der Waals surface area contributed by atoms with E-state index in [2.05, 4.69) is 33.9 Å². The number of rotatable bonds is 12. The zero-order chi connectivity index (χ0) is 36.2. The van der Waals surface area contributed by atoms with Crippen molar-refractivity contribution in [2.24, 2.45) is 5.92 Å². The molecule has 4 N–H and O–H groups in total. The fraction of sp³-hybridized carbons (Fsp3) is 0.351. The second kappa shape index (κ2) is 14.5. The van der Waals surface area contributed by atoms with Crippen molar-refractivity contribution in [3.05, 3.63) is 70.4 Å². The normalized spacial score (nSPS) is 16.1. The van der Waals surface area contributed by atoms with Gasteiger partial charge in [0.1, 0.15) is 29.6 Å². The summed E-state index contributed by atoms with van der Waals surface area (Å²) in [6.45, 7) is 4.31. The molecule has 254 valence electrons. The van der Waals surface area contributed by atoms with E-state index in [9.17, 15) is 34.5 Å². The molecule has 4 amide bonds. The molecular formula is C37H36N8O5.